The Bertz CT molecular complexity index is 205. The average molecular weight is 272 g/mol. The quantitative estimate of drug-likeness (QED) is 0.633. The zero-order valence-electron chi connectivity index (χ0n) is 9.08. The predicted octanol–water partition coefficient (Wildman–Crippen LogP) is 2.31. The number of ether oxygens (including phenoxy) is 1. The molecule has 1 amide bonds. The summed E-state index contributed by atoms with van der Waals surface area (Å²) in [5.41, 5.74) is -0.362. The first-order valence-electron chi connectivity index (χ1n) is 4.73. The van der Waals surface area contributed by atoms with Gasteiger partial charge < -0.3 is 0 Å². The second kappa shape index (κ2) is 5.32. The largest absolute Gasteiger partial charge is 0.147 e. The minimum Gasteiger partial charge on any atom is -0.147 e. The number of carbonyl (C=O) groups is 1. The Morgan fingerprint density at radius 2 is 2.07 bits per heavy atom. The molecule has 3 nitrogen and oxygen atoms in total. The molecule has 0 spiro atoms. The summed E-state index contributed by atoms with van der Waals surface area (Å²) in [6.45, 7) is 6.59. The molecule has 1 rings (SSSR count). The summed E-state index contributed by atoms with van der Waals surface area (Å²) in [7, 11) is 0. The van der Waals surface area contributed by atoms with E-state index in [-0.39, 0.29) is 24.1 Å². The summed E-state index contributed by atoms with van der Waals surface area (Å²) < 4.78 is 5.77. The zero-order valence-corrected chi connectivity index (χ0v) is 12.9. The molecule has 0 aromatic heterocycles. The van der Waals surface area contributed by atoms with Crippen LogP contribution in [-0.2, 0) is 23.0 Å². The van der Waals surface area contributed by atoms with Crippen molar-refractivity contribution in [2.24, 2.45) is 0 Å². The van der Waals surface area contributed by atoms with Gasteiger partial charge in [-0.2, -0.15) is 0 Å². The molecule has 14 heavy (non-hydrogen) atoms. The van der Waals surface area contributed by atoms with Crippen LogP contribution in [0, 0.1) is 0 Å². The smallest absolute Gasteiger partial charge is 0.147 e. The van der Waals surface area contributed by atoms with Gasteiger partial charge in [0.1, 0.15) is 0 Å². The topological polar surface area (TPSA) is 29.5 Å². The van der Waals surface area contributed by atoms with Crippen LogP contribution in [0.5, 0.6) is 0 Å². The van der Waals surface area contributed by atoms with E-state index < -0.39 is 0 Å². The minimum atomic E-state index is -0.362. The normalized spacial score (nSPS) is 21.8. The van der Waals surface area contributed by atoms with Crippen molar-refractivity contribution in [1.82, 2.24) is 4.90 Å². The zero-order chi connectivity index (χ0) is 10.1. The number of hydrogen-bond donors (Lipinski definition) is 0. The maximum absolute atomic E-state index is 11.6. The second-order valence-corrected chi connectivity index (χ2v) is 6.45. The van der Waals surface area contributed by atoms with Gasteiger partial charge in [0, 0.05) is 0 Å². The van der Waals surface area contributed by atoms with Crippen LogP contribution >= 0.6 is 12.4 Å². The molecule has 1 unspecified atom stereocenters. The van der Waals surface area contributed by atoms with E-state index in [1.54, 1.807) is 0 Å². The Kier molecular flexibility index (Phi) is 5.39. The molecule has 1 heterocycles. The summed E-state index contributed by atoms with van der Waals surface area (Å²) in [6.07, 6.45) is 2.14. The van der Waals surface area contributed by atoms with E-state index in [1.807, 2.05) is 25.7 Å². The van der Waals surface area contributed by atoms with E-state index >= 15 is 0 Å². The van der Waals surface area contributed by atoms with Gasteiger partial charge in [0.15, 0.2) is 0 Å². The molecule has 5 heteroatoms. The molecule has 1 fully saturated rings. The van der Waals surface area contributed by atoms with Gasteiger partial charge >= 0.3 is 89.2 Å². The van der Waals surface area contributed by atoms with E-state index in [2.05, 4.69) is 0 Å². The summed E-state index contributed by atoms with van der Waals surface area (Å²) in [4.78, 5) is 13.5. The van der Waals surface area contributed by atoms with Crippen LogP contribution in [0.2, 0.25) is 0 Å². The van der Waals surface area contributed by atoms with Crippen molar-refractivity contribution in [3.63, 3.8) is 0 Å². The molecule has 0 bridgehead atoms. The number of halogens is 1. The number of nitrogens with zero attached hydrogens (tertiary/aromatic N) is 1. The molecule has 79 valence electrons. The van der Waals surface area contributed by atoms with E-state index in [0.717, 1.165) is 37.7 Å². The maximum Gasteiger partial charge on any atom is -0.147 e. The monoisotopic (exact) mass is 270 g/mol. The predicted molar refractivity (Wildman–Crippen MR) is 53.2 cm³/mol. The Balaban J connectivity index is 0.00000169. The second-order valence-electron chi connectivity index (χ2n) is 4.47. The van der Waals surface area contributed by atoms with Crippen LogP contribution in [0.1, 0.15) is 33.6 Å². The number of likely N-dealkylation sites (tertiary alicyclic amines) is 1. The van der Waals surface area contributed by atoms with Crippen molar-refractivity contribution in [2.45, 2.75) is 43.9 Å². The van der Waals surface area contributed by atoms with Gasteiger partial charge in [0.2, 0.25) is 0 Å². The minimum absolute atomic E-state index is 0. The SMILES string of the molecule is CC(C)(C)OC(=O)N1CCC[CH]1[Zn].Cl. The van der Waals surface area contributed by atoms with Crippen LogP contribution in [-0.4, -0.2) is 27.8 Å². The maximum atomic E-state index is 11.6. The van der Waals surface area contributed by atoms with E-state index in [1.165, 1.54) is 0 Å². The van der Waals surface area contributed by atoms with E-state index in [4.69, 9.17) is 4.74 Å². The van der Waals surface area contributed by atoms with Gasteiger partial charge in [-0.3, -0.25) is 0 Å². The Morgan fingerprint density at radius 3 is 2.43 bits per heavy atom. The Labute approximate surface area is 102 Å². The van der Waals surface area contributed by atoms with Crippen molar-refractivity contribution >= 4 is 18.5 Å². The number of carbonyl (C=O) groups excluding carboxylic acids is 1. The van der Waals surface area contributed by atoms with Crippen molar-refractivity contribution in [1.29, 1.82) is 0 Å². The summed E-state index contributed by atoms with van der Waals surface area (Å²) >= 11 is 1.15. The van der Waals surface area contributed by atoms with Crippen molar-refractivity contribution in [3.8, 4) is 0 Å². The van der Waals surface area contributed by atoms with Crippen molar-refractivity contribution in [3.05, 3.63) is 0 Å². The Hall–Kier alpha value is 0.183. The van der Waals surface area contributed by atoms with Crippen molar-refractivity contribution in [2.75, 3.05) is 6.54 Å². The molecule has 1 aliphatic rings. The van der Waals surface area contributed by atoms with Gasteiger partial charge in [0.05, 0.1) is 0 Å². The molecule has 0 N–H and O–H groups in total. The molecule has 1 aliphatic heterocycles. The van der Waals surface area contributed by atoms with Gasteiger partial charge in [-0.1, -0.05) is 0 Å². The van der Waals surface area contributed by atoms with Gasteiger partial charge in [-0.15, -0.1) is 12.4 Å². The number of amides is 1. The molecular weight excluding hydrogens is 255 g/mol. The van der Waals surface area contributed by atoms with E-state index in [9.17, 15) is 4.79 Å². The standard InChI is InChI=1S/C9H16NO2.ClH.Zn/c1-9(2,3)12-8(11)10-6-4-5-7-10;;/h6H,4-5,7H2,1-3H3;1H;. The number of rotatable bonds is 0. The van der Waals surface area contributed by atoms with Crippen LogP contribution in [0.15, 0.2) is 0 Å². The van der Waals surface area contributed by atoms with Crippen molar-refractivity contribution < 1.29 is 27.8 Å². The average Bonchev–Trinajstić information content (AvgIpc) is 2.30. The van der Waals surface area contributed by atoms with Crippen LogP contribution in [0.25, 0.3) is 0 Å². The molecular formula is C9H17ClNO2Zn. The summed E-state index contributed by atoms with van der Waals surface area (Å²) in [5, 5.41) is 0. The third-order valence-electron chi connectivity index (χ3n) is 2.01. The first-order chi connectivity index (χ1) is 5.90. The molecule has 0 aromatic carbocycles. The van der Waals surface area contributed by atoms with Crippen LogP contribution in [0.4, 0.5) is 4.79 Å². The van der Waals surface area contributed by atoms with Crippen LogP contribution < -0.4 is 0 Å². The van der Waals surface area contributed by atoms with Gasteiger partial charge in [0.25, 0.3) is 0 Å². The van der Waals surface area contributed by atoms with Crippen LogP contribution in [0.3, 0.4) is 0 Å². The van der Waals surface area contributed by atoms with Gasteiger partial charge in [-0.05, 0) is 0 Å². The fourth-order valence-electron chi connectivity index (χ4n) is 1.40. The Morgan fingerprint density at radius 1 is 1.50 bits per heavy atom. The third kappa shape index (κ3) is 4.14. The molecule has 0 aromatic rings. The first kappa shape index (κ1) is 14.2. The molecule has 0 saturated carbocycles. The van der Waals surface area contributed by atoms with Gasteiger partial charge in [-0.25, -0.2) is 0 Å². The molecule has 1 atom stereocenters. The summed E-state index contributed by atoms with van der Waals surface area (Å²) in [5.74, 6) is 0. The molecule has 0 aliphatic carbocycles. The summed E-state index contributed by atoms with van der Waals surface area (Å²) in [6, 6.07) is 0. The first-order valence-corrected chi connectivity index (χ1v) is 6.44. The third-order valence-corrected chi connectivity index (χ3v) is 3.79. The fraction of sp³-hybridized carbons (Fsp3) is 0.889. The van der Waals surface area contributed by atoms with E-state index in [0.29, 0.717) is 4.64 Å². The molecule has 0 radical (unpaired) electrons. The molecule has 1 saturated heterocycles. The number of hydrogen-bond acceptors (Lipinski definition) is 2. The fourth-order valence-corrected chi connectivity index (χ4v) is 2.70.